The Morgan fingerprint density at radius 3 is 2.00 bits per heavy atom. The fourth-order valence-electron chi connectivity index (χ4n) is 1.71. The second-order valence-corrected chi connectivity index (χ2v) is 5.12. The number of hydrogen-bond donors (Lipinski definition) is 2. The van der Waals surface area contributed by atoms with E-state index in [0.717, 1.165) is 5.56 Å². The third-order valence-corrected chi connectivity index (χ3v) is 4.03. The smallest absolute Gasteiger partial charge is 0.118 e. The van der Waals surface area contributed by atoms with Crippen LogP contribution in [0.4, 0.5) is 0 Å². The van der Waals surface area contributed by atoms with Crippen molar-refractivity contribution in [2.45, 2.75) is 5.66 Å². The minimum Gasteiger partial charge on any atom is -0.306 e. The maximum Gasteiger partial charge on any atom is 0.118 e. The van der Waals surface area contributed by atoms with Crippen molar-refractivity contribution in [1.29, 1.82) is 0 Å². The molecule has 0 amide bonds. The van der Waals surface area contributed by atoms with Gasteiger partial charge in [0.05, 0.1) is 15.1 Å². The summed E-state index contributed by atoms with van der Waals surface area (Å²) in [4.78, 5) is 0. The van der Waals surface area contributed by atoms with Crippen LogP contribution in [0.5, 0.6) is 0 Å². The zero-order chi connectivity index (χ0) is 13.3. The minimum absolute atomic E-state index is 0.257. The van der Waals surface area contributed by atoms with E-state index in [4.69, 9.17) is 46.3 Å². The Morgan fingerprint density at radius 2 is 1.39 bits per heavy atom. The van der Waals surface area contributed by atoms with Gasteiger partial charge in [-0.15, -0.1) is 0 Å². The van der Waals surface area contributed by atoms with Crippen LogP contribution in [0.2, 0.25) is 15.1 Å². The molecule has 0 heterocycles. The third-order valence-electron chi connectivity index (χ3n) is 2.73. The van der Waals surface area contributed by atoms with Crippen molar-refractivity contribution in [2.24, 2.45) is 11.5 Å². The van der Waals surface area contributed by atoms with E-state index >= 15 is 0 Å². The van der Waals surface area contributed by atoms with Gasteiger partial charge in [0.15, 0.2) is 0 Å². The molecule has 0 fully saturated rings. The summed E-state index contributed by atoms with van der Waals surface area (Å²) in [5.74, 6) is 0. The molecule has 5 heteroatoms. The van der Waals surface area contributed by atoms with Crippen molar-refractivity contribution in [2.75, 3.05) is 0 Å². The molecule has 18 heavy (non-hydrogen) atoms. The van der Waals surface area contributed by atoms with Gasteiger partial charge in [0.1, 0.15) is 5.66 Å². The predicted octanol–water partition coefficient (Wildman–Crippen LogP) is 3.77. The molecule has 0 aliphatic rings. The molecular formula is C13H11Cl3N2. The molecule has 2 nitrogen and oxygen atoms in total. The molecule has 2 aromatic carbocycles. The van der Waals surface area contributed by atoms with Crippen LogP contribution in [-0.4, -0.2) is 0 Å². The second-order valence-electron chi connectivity index (χ2n) is 3.96. The number of benzene rings is 2. The lowest BCUT2D eigenvalue weighted by atomic mass is 9.93. The minimum atomic E-state index is -1.22. The molecule has 0 aromatic heterocycles. The molecule has 0 aliphatic heterocycles. The van der Waals surface area contributed by atoms with Crippen molar-refractivity contribution in [3.05, 3.63) is 68.7 Å². The second kappa shape index (κ2) is 5.08. The standard InChI is InChI=1S/C13H11Cl3N2/c14-10-7-6-9(11(15)12(10)16)13(17,18)8-4-2-1-3-5-8/h1-7H,17-18H2. The van der Waals surface area contributed by atoms with E-state index in [9.17, 15) is 0 Å². The summed E-state index contributed by atoms with van der Waals surface area (Å²) >= 11 is 18.0. The molecule has 0 saturated carbocycles. The molecule has 4 N–H and O–H groups in total. The summed E-state index contributed by atoms with van der Waals surface area (Å²) in [6.45, 7) is 0. The zero-order valence-corrected chi connectivity index (χ0v) is 11.6. The van der Waals surface area contributed by atoms with E-state index in [-0.39, 0.29) is 10.0 Å². The number of nitrogens with two attached hydrogens (primary N) is 2. The van der Waals surface area contributed by atoms with Gasteiger partial charge in [0.2, 0.25) is 0 Å². The molecule has 0 unspecified atom stereocenters. The average molecular weight is 302 g/mol. The van der Waals surface area contributed by atoms with E-state index in [1.807, 2.05) is 30.3 Å². The van der Waals surface area contributed by atoms with Crippen molar-refractivity contribution < 1.29 is 0 Å². The van der Waals surface area contributed by atoms with E-state index in [2.05, 4.69) is 0 Å². The van der Waals surface area contributed by atoms with Gasteiger partial charge in [-0.3, -0.25) is 0 Å². The number of hydrogen-bond acceptors (Lipinski definition) is 2. The normalized spacial score (nSPS) is 11.6. The fraction of sp³-hybridized carbons (Fsp3) is 0.0769. The average Bonchev–Trinajstić information content (AvgIpc) is 2.37. The lowest BCUT2D eigenvalue weighted by Crippen LogP contribution is -2.47. The van der Waals surface area contributed by atoms with Crippen LogP contribution in [0.1, 0.15) is 11.1 Å². The van der Waals surface area contributed by atoms with E-state index in [0.29, 0.717) is 10.6 Å². The first-order valence-electron chi connectivity index (χ1n) is 5.22. The molecule has 0 radical (unpaired) electrons. The number of halogens is 3. The lowest BCUT2D eigenvalue weighted by Gasteiger charge is -2.27. The Labute approximate surface area is 120 Å². The molecule has 94 valence electrons. The van der Waals surface area contributed by atoms with Crippen LogP contribution in [0, 0.1) is 0 Å². The summed E-state index contributed by atoms with van der Waals surface area (Å²) in [6, 6.07) is 12.6. The van der Waals surface area contributed by atoms with Gasteiger partial charge in [-0.25, -0.2) is 0 Å². The predicted molar refractivity (Wildman–Crippen MR) is 77.1 cm³/mol. The monoisotopic (exact) mass is 300 g/mol. The van der Waals surface area contributed by atoms with Crippen LogP contribution in [0.3, 0.4) is 0 Å². The van der Waals surface area contributed by atoms with Gasteiger partial charge in [-0.2, -0.15) is 0 Å². The van der Waals surface area contributed by atoms with Crippen LogP contribution >= 0.6 is 34.8 Å². The maximum atomic E-state index is 6.17. The highest BCUT2D eigenvalue weighted by molar-refractivity contribution is 6.48. The summed E-state index contributed by atoms with van der Waals surface area (Å²) in [7, 11) is 0. The van der Waals surface area contributed by atoms with Crippen molar-refractivity contribution in [3.8, 4) is 0 Å². The van der Waals surface area contributed by atoms with Gasteiger partial charge in [-0.1, -0.05) is 71.2 Å². The van der Waals surface area contributed by atoms with Gasteiger partial charge < -0.3 is 11.5 Å². The van der Waals surface area contributed by atoms with Crippen LogP contribution in [-0.2, 0) is 5.66 Å². The van der Waals surface area contributed by atoms with Crippen molar-refractivity contribution in [3.63, 3.8) is 0 Å². The van der Waals surface area contributed by atoms with Gasteiger partial charge in [0.25, 0.3) is 0 Å². The molecule has 0 spiro atoms. The Balaban J connectivity index is 2.58. The molecule has 0 saturated heterocycles. The third kappa shape index (κ3) is 2.35. The van der Waals surface area contributed by atoms with Gasteiger partial charge in [0, 0.05) is 5.56 Å². The van der Waals surface area contributed by atoms with Crippen LogP contribution in [0.15, 0.2) is 42.5 Å². The van der Waals surface area contributed by atoms with Gasteiger partial charge >= 0.3 is 0 Å². The van der Waals surface area contributed by atoms with Crippen molar-refractivity contribution in [1.82, 2.24) is 0 Å². The SMILES string of the molecule is NC(N)(c1ccccc1)c1ccc(Cl)c(Cl)c1Cl. The summed E-state index contributed by atoms with van der Waals surface area (Å²) in [5.41, 5.74) is 12.4. The Morgan fingerprint density at radius 1 is 0.778 bits per heavy atom. The quantitative estimate of drug-likeness (QED) is 0.655. The Bertz CT molecular complexity index is 568. The zero-order valence-electron chi connectivity index (χ0n) is 9.33. The summed E-state index contributed by atoms with van der Waals surface area (Å²) in [6.07, 6.45) is 0. The molecule has 0 bridgehead atoms. The summed E-state index contributed by atoms with van der Waals surface area (Å²) in [5, 5.41) is 0.902. The topological polar surface area (TPSA) is 52.0 Å². The first kappa shape index (κ1) is 13.7. The van der Waals surface area contributed by atoms with E-state index < -0.39 is 5.66 Å². The largest absolute Gasteiger partial charge is 0.306 e. The Hall–Kier alpha value is -0.770. The first-order chi connectivity index (χ1) is 8.44. The molecule has 2 aromatic rings. The first-order valence-corrected chi connectivity index (χ1v) is 6.35. The fourth-order valence-corrected chi connectivity index (χ4v) is 2.41. The van der Waals surface area contributed by atoms with Crippen LogP contribution in [0.25, 0.3) is 0 Å². The van der Waals surface area contributed by atoms with Crippen molar-refractivity contribution >= 4 is 34.8 Å². The van der Waals surface area contributed by atoms with E-state index in [1.54, 1.807) is 12.1 Å². The van der Waals surface area contributed by atoms with E-state index in [1.165, 1.54) is 0 Å². The number of rotatable bonds is 2. The molecular weight excluding hydrogens is 291 g/mol. The Kier molecular flexibility index (Phi) is 3.85. The highest BCUT2D eigenvalue weighted by Crippen LogP contribution is 2.37. The molecule has 0 atom stereocenters. The highest BCUT2D eigenvalue weighted by Gasteiger charge is 2.28. The summed E-state index contributed by atoms with van der Waals surface area (Å²) < 4.78 is 0. The maximum absolute atomic E-state index is 6.17. The molecule has 2 rings (SSSR count). The highest BCUT2D eigenvalue weighted by atomic mass is 35.5. The van der Waals surface area contributed by atoms with Gasteiger partial charge in [-0.05, 0) is 11.6 Å². The lowest BCUT2D eigenvalue weighted by molar-refractivity contribution is 0.568. The van der Waals surface area contributed by atoms with Crippen LogP contribution < -0.4 is 11.5 Å². The molecule has 0 aliphatic carbocycles.